The van der Waals surface area contributed by atoms with E-state index in [1.165, 1.54) is 12.0 Å². The predicted octanol–water partition coefficient (Wildman–Crippen LogP) is 2.73. The Labute approximate surface area is 139 Å². The van der Waals surface area contributed by atoms with Crippen molar-refractivity contribution in [2.45, 2.75) is 32.6 Å². The van der Waals surface area contributed by atoms with Crippen LogP contribution in [0.2, 0.25) is 0 Å². The summed E-state index contributed by atoms with van der Waals surface area (Å²) in [7, 11) is 0. The van der Waals surface area contributed by atoms with Crippen molar-refractivity contribution in [1.82, 2.24) is 10.6 Å². The van der Waals surface area contributed by atoms with E-state index >= 15 is 0 Å². The lowest BCUT2D eigenvalue weighted by atomic mass is 10.0. The number of rotatable bonds is 7. The van der Waals surface area contributed by atoms with Gasteiger partial charge in [-0.3, -0.25) is 4.79 Å². The molecule has 1 fully saturated rings. The lowest BCUT2D eigenvalue weighted by molar-refractivity contribution is -0.123. The first kappa shape index (κ1) is 18.8. The molecule has 1 aromatic rings. The second kappa shape index (κ2) is 9.70. The van der Waals surface area contributed by atoms with Crippen LogP contribution >= 0.6 is 12.4 Å². The Balaban J connectivity index is 0.00000242. The largest absolute Gasteiger partial charge is 0.484 e. The van der Waals surface area contributed by atoms with Crippen molar-refractivity contribution < 1.29 is 9.53 Å². The zero-order chi connectivity index (χ0) is 15.1. The summed E-state index contributed by atoms with van der Waals surface area (Å²) in [6.45, 7) is 7.32. The molecule has 2 rings (SSSR count). The van der Waals surface area contributed by atoms with Crippen LogP contribution in [0.3, 0.4) is 0 Å². The van der Waals surface area contributed by atoms with Gasteiger partial charge in [0.25, 0.3) is 5.91 Å². The van der Waals surface area contributed by atoms with Gasteiger partial charge in [-0.15, -0.1) is 12.4 Å². The molecule has 4 nitrogen and oxygen atoms in total. The van der Waals surface area contributed by atoms with E-state index in [9.17, 15) is 4.79 Å². The molecule has 1 aliphatic heterocycles. The Morgan fingerprint density at radius 2 is 2.09 bits per heavy atom. The van der Waals surface area contributed by atoms with Crippen LogP contribution in [0.15, 0.2) is 24.3 Å². The maximum absolute atomic E-state index is 11.7. The number of carbonyl (C=O) groups excluding carboxylic acids is 1. The van der Waals surface area contributed by atoms with Crippen molar-refractivity contribution in [2.24, 2.45) is 5.92 Å². The van der Waals surface area contributed by atoms with Crippen LogP contribution in [-0.2, 0) is 4.79 Å². The molecule has 5 heteroatoms. The molecular formula is C17H27ClN2O2. The summed E-state index contributed by atoms with van der Waals surface area (Å²) in [4.78, 5) is 11.7. The smallest absolute Gasteiger partial charge is 0.257 e. The molecule has 1 unspecified atom stereocenters. The van der Waals surface area contributed by atoms with Gasteiger partial charge in [0, 0.05) is 6.54 Å². The van der Waals surface area contributed by atoms with Gasteiger partial charge in [-0.2, -0.15) is 0 Å². The van der Waals surface area contributed by atoms with Crippen LogP contribution in [0.25, 0.3) is 0 Å². The first-order valence-corrected chi connectivity index (χ1v) is 7.85. The zero-order valence-electron chi connectivity index (χ0n) is 13.4. The molecule has 1 atom stereocenters. The minimum Gasteiger partial charge on any atom is -0.484 e. The second-order valence-electron chi connectivity index (χ2n) is 6.01. The van der Waals surface area contributed by atoms with E-state index in [1.54, 1.807) is 0 Å². The molecule has 22 heavy (non-hydrogen) atoms. The summed E-state index contributed by atoms with van der Waals surface area (Å²) in [5, 5.41) is 6.25. The highest BCUT2D eigenvalue weighted by atomic mass is 35.5. The van der Waals surface area contributed by atoms with E-state index in [1.807, 2.05) is 24.3 Å². The summed E-state index contributed by atoms with van der Waals surface area (Å²) in [5.74, 6) is 1.91. The Morgan fingerprint density at radius 3 is 2.68 bits per heavy atom. The minimum absolute atomic E-state index is 0. The highest BCUT2D eigenvalue weighted by Gasteiger charge is 2.14. The number of ether oxygens (including phenoxy) is 1. The third-order valence-corrected chi connectivity index (χ3v) is 3.95. The molecule has 124 valence electrons. The van der Waals surface area contributed by atoms with Gasteiger partial charge in [-0.1, -0.05) is 26.0 Å². The Bertz CT molecular complexity index is 442. The van der Waals surface area contributed by atoms with Crippen LogP contribution in [0.4, 0.5) is 0 Å². The highest BCUT2D eigenvalue weighted by molar-refractivity contribution is 5.85. The summed E-state index contributed by atoms with van der Waals surface area (Å²) in [6.07, 6.45) is 2.26. The first-order valence-electron chi connectivity index (χ1n) is 7.85. The van der Waals surface area contributed by atoms with Gasteiger partial charge in [-0.25, -0.2) is 0 Å². The molecule has 0 saturated carbocycles. The molecule has 2 N–H and O–H groups in total. The fourth-order valence-electron chi connectivity index (χ4n) is 2.53. The van der Waals surface area contributed by atoms with E-state index in [0.717, 1.165) is 31.8 Å². The fraction of sp³-hybridized carbons (Fsp3) is 0.588. The molecule has 1 heterocycles. The van der Waals surface area contributed by atoms with Gasteiger partial charge < -0.3 is 15.4 Å². The molecule has 1 aliphatic rings. The molecule has 0 radical (unpaired) electrons. The molecule has 0 aromatic heterocycles. The topological polar surface area (TPSA) is 50.4 Å². The van der Waals surface area contributed by atoms with Crippen LogP contribution in [0, 0.1) is 5.92 Å². The first-order chi connectivity index (χ1) is 10.1. The second-order valence-corrected chi connectivity index (χ2v) is 6.01. The summed E-state index contributed by atoms with van der Waals surface area (Å²) in [6, 6.07) is 7.94. The van der Waals surface area contributed by atoms with Crippen molar-refractivity contribution in [1.29, 1.82) is 0 Å². The number of amides is 1. The lowest BCUT2D eigenvalue weighted by Gasteiger charge is -2.11. The molecule has 1 aromatic carbocycles. The minimum atomic E-state index is -0.0473. The Kier molecular flexibility index (Phi) is 8.28. The van der Waals surface area contributed by atoms with Crippen LogP contribution < -0.4 is 15.4 Å². The highest BCUT2D eigenvalue weighted by Crippen LogP contribution is 2.18. The number of hydrogen-bond donors (Lipinski definition) is 2. The Hall–Kier alpha value is -1.26. The van der Waals surface area contributed by atoms with Crippen molar-refractivity contribution in [3.63, 3.8) is 0 Å². The van der Waals surface area contributed by atoms with E-state index < -0.39 is 0 Å². The zero-order valence-corrected chi connectivity index (χ0v) is 14.2. The van der Waals surface area contributed by atoms with Crippen LogP contribution in [0.1, 0.15) is 38.2 Å². The van der Waals surface area contributed by atoms with Crippen LogP contribution in [-0.4, -0.2) is 32.1 Å². The van der Waals surface area contributed by atoms with Gasteiger partial charge in [0.05, 0.1) is 0 Å². The average molecular weight is 327 g/mol. The van der Waals surface area contributed by atoms with E-state index in [0.29, 0.717) is 11.8 Å². The average Bonchev–Trinajstić information content (AvgIpc) is 2.99. The summed E-state index contributed by atoms with van der Waals surface area (Å²) in [5.41, 5.74) is 1.27. The van der Waals surface area contributed by atoms with Gasteiger partial charge in [0.15, 0.2) is 6.61 Å². The van der Waals surface area contributed by atoms with Crippen molar-refractivity contribution in [3.8, 4) is 5.75 Å². The normalized spacial score (nSPS) is 17.1. The van der Waals surface area contributed by atoms with Crippen molar-refractivity contribution in [3.05, 3.63) is 29.8 Å². The van der Waals surface area contributed by atoms with E-state index in [-0.39, 0.29) is 24.9 Å². The summed E-state index contributed by atoms with van der Waals surface area (Å²) >= 11 is 0. The molecule has 0 bridgehead atoms. The van der Waals surface area contributed by atoms with Gasteiger partial charge >= 0.3 is 0 Å². The molecular weight excluding hydrogens is 300 g/mol. The molecule has 1 amide bonds. The maximum atomic E-state index is 11.7. The fourth-order valence-corrected chi connectivity index (χ4v) is 2.53. The molecule has 0 spiro atoms. The number of carbonyl (C=O) groups is 1. The van der Waals surface area contributed by atoms with Crippen molar-refractivity contribution in [2.75, 3.05) is 26.2 Å². The lowest BCUT2D eigenvalue weighted by Crippen LogP contribution is -2.30. The molecule has 0 aliphatic carbocycles. The monoisotopic (exact) mass is 326 g/mol. The third kappa shape index (κ3) is 6.24. The SMILES string of the molecule is CC(C)c1ccc(OCC(=O)NCCC2CCNC2)cc1.Cl. The number of benzene rings is 1. The Morgan fingerprint density at radius 1 is 1.36 bits per heavy atom. The van der Waals surface area contributed by atoms with Crippen LogP contribution in [0.5, 0.6) is 5.75 Å². The van der Waals surface area contributed by atoms with Crippen molar-refractivity contribution >= 4 is 18.3 Å². The van der Waals surface area contributed by atoms with E-state index in [4.69, 9.17) is 4.74 Å². The summed E-state index contributed by atoms with van der Waals surface area (Å²) < 4.78 is 5.50. The third-order valence-electron chi connectivity index (χ3n) is 3.95. The van der Waals surface area contributed by atoms with Gasteiger partial charge in [0.2, 0.25) is 0 Å². The quantitative estimate of drug-likeness (QED) is 0.810. The molecule has 1 saturated heterocycles. The van der Waals surface area contributed by atoms with Gasteiger partial charge in [-0.05, 0) is 55.5 Å². The standard InChI is InChI=1S/C17H26N2O2.ClH/c1-13(2)15-3-5-16(6-4-15)21-12-17(20)19-10-8-14-7-9-18-11-14;/h3-6,13-14,18H,7-12H2,1-2H3,(H,19,20);1H. The maximum Gasteiger partial charge on any atom is 0.257 e. The van der Waals surface area contributed by atoms with E-state index in [2.05, 4.69) is 24.5 Å². The predicted molar refractivity (Wildman–Crippen MR) is 91.9 cm³/mol. The number of halogens is 1. The number of hydrogen-bond acceptors (Lipinski definition) is 3. The number of nitrogens with one attached hydrogen (secondary N) is 2. The van der Waals surface area contributed by atoms with Gasteiger partial charge in [0.1, 0.15) is 5.75 Å².